The lowest BCUT2D eigenvalue weighted by Crippen LogP contribution is -2.39. The number of nitrogens with zero attached hydrogens (tertiary/aromatic N) is 1. The van der Waals surface area contributed by atoms with Gasteiger partial charge >= 0.3 is 0 Å². The van der Waals surface area contributed by atoms with E-state index in [1.54, 1.807) is 0 Å². The summed E-state index contributed by atoms with van der Waals surface area (Å²) in [5.74, 6) is 2.45. The minimum Gasteiger partial charge on any atom is -0.464 e. The van der Waals surface area contributed by atoms with Crippen LogP contribution in [-0.4, -0.2) is 29.9 Å². The number of carbonyl (C=O) groups excluding carboxylic acids is 1. The van der Waals surface area contributed by atoms with Crippen molar-refractivity contribution in [1.29, 1.82) is 0 Å². The van der Waals surface area contributed by atoms with Crippen molar-refractivity contribution in [2.45, 2.75) is 76.3 Å². The van der Waals surface area contributed by atoms with Crippen molar-refractivity contribution in [2.75, 3.05) is 13.1 Å². The highest BCUT2D eigenvalue weighted by atomic mass is 16.3. The Morgan fingerprint density at radius 2 is 1.93 bits per heavy atom. The van der Waals surface area contributed by atoms with Crippen molar-refractivity contribution in [3.8, 4) is 11.3 Å². The Hall–Kier alpha value is -1.81. The molecule has 1 atom stereocenters. The van der Waals surface area contributed by atoms with Crippen LogP contribution in [0.3, 0.4) is 0 Å². The van der Waals surface area contributed by atoms with Gasteiger partial charge in [-0.25, -0.2) is 0 Å². The minimum atomic E-state index is 0.316. The van der Waals surface area contributed by atoms with Crippen molar-refractivity contribution in [3.05, 3.63) is 36.1 Å². The van der Waals surface area contributed by atoms with Gasteiger partial charge in [0, 0.05) is 29.1 Å². The standard InChI is InChI=1S/C25H34N2O2/c28-25(19-9-10-19)26-22-11-7-18(8-12-22)13-15-27-14-2-1-5-23(27)21-16-20-4-3-6-24(20)29-17-21/h3-4,6,16-19,22-23H,1-2,5,7-15H2,(H,26,28)/t18-,22-,23?. The van der Waals surface area contributed by atoms with E-state index < -0.39 is 0 Å². The van der Waals surface area contributed by atoms with Crippen molar-refractivity contribution >= 4 is 5.91 Å². The molecule has 1 unspecified atom stereocenters. The minimum absolute atomic E-state index is 0.316. The fourth-order valence-electron chi connectivity index (χ4n) is 5.41. The summed E-state index contributed by atoms with van der Waals surface area (Å²) in [5.41, 5.74) is 2.56. The molecule has 4 heteroatoms. The summed E-state index contributed by atoms with van der Waals surface area (Å²) in [4.78, 5) is 14.7. The Morgan fingerprint density at radius 1 is 1.07 bits per heavy atom. The number of fused-ring (bicyclic) bond motifs is 1. The smallest absolute Gasteiger partial charge is 0.223 e. The third-order valence-electron chi connectivity index (χ3n) is 7.42. The van der Waals surface area contributed by atoms with Gasteiger partial charge in [0.05, 0.1) is 6.26 Å². The summed E-state index contributed by atoms with van der Waals surface area (Å²) in [6.45, 7) is 2.39. The van der Waals surface area contributed by atoms with Gasteiger partial charge in [0.25, 0.3) is 0 Å². The molecule has 0 aromatic rings. The second-order valence-corrected chi connectivity index (χ2v) is 9.56. The van der Waals surface area contributed by atoms with E-state index >= 15 is 0 Å². The molecular weight excluding hydrogens is 360 g/mol. The fraction of sp³-hybridized carbons (Fsp3) is 0.640. The molecule has 2 saturated carbocycles. The van der Waals surface area contributed by atoms with Crippen LogP contribution in [-0.2, 0) is 4.79 Å². The van der Waals surface area contributed by atoms with Crippen molar-refractivity contribution in [3.63, 3.8) is 0 Å². The molecule has 5 rings (SSSR count). The molecule has 4 nitrogen and oxygen atoms in total. The second-order valence-electron chi connectivity index (χ2n) is 9.56. The molecule has 156 valence electrons. The maximum absolute atomic E-state index is 12.0. The van der Waals surface area contributed by atoms with Gasteiger partial charge in [0.2, 0.25) is 5.91 Å². The van der Waals surface area contributed by atoms with Crippen molar-refractivity contribution in [2.24, 2.45) is 11.8 Å². The van der Waals surface area contributed by atoms with E-state index in [-0.39, 0.29) is 0 Å². The van der Waals surface area contributed by atoms with E-state index in [0.717, 1.165) is 24.5 Å². The quantitative estimate of drug-likeness (QED) is 0.715. The van der Waals surface area contributed by atoms with Crippen LogP contribution in [0.15, 0.2) is 34.9 Å². The Labute approximate surface area is 174 Å². The molecule has 1 saturated heterocycles. The third kappa shape index (κ3) is 4.53. The molecule has 5 aliphatic rings. The maximum atomic E-state index is 12.0. The topological polar surface area (TPSA) is 45.5 Å². The first-order valence-corrected chi connectivity index (χ1v) is 11.8. The van der Waals surface area contributed by atoms with Crippen LogP contribution >= 0.6 is 0 Å². The van der Waals surface area contributed by atoms with Gasteiger partial charge in [-0.2, -0.15) is 0 Å². The van der Waals surface area contributed by atoms with Crippen molar-refractivity contribution in [1.82, 2.24) is 10.2 Å². The fourth-order valence-corrected chi connectivity index (χ4v) is 5.41. The molecule has 0 bridgehead atoms. The van der Waals surface area contributed by atoms with Crippen molar-refractivity contribution < 1.29 is 9.21 Å². The van der Waals surface area contributed by atoms with E-state index in [1.165, 1.54) is 75.6 Å². The van der Waals surface area contributed by atoms with Crippen LogP contribution in [0.4, 0.5) is 0 Å². The molecular formula is C25H34N2O2. The zero-order valence-electron chi connectivity index (χ0n) is 17.4. The molecule has 2 aliphatic heterocycles. The predicted octanol–water partition coefficient (Wildman–Crippen LogP) is 5.39. The van der Waals surface area contributed by atoms with E-state index in [1.807, 2.05) is 12.3 Å². The Morgan fingerprint density at radius 3 is 2.76 bits per heavy atom. The van der Waals surface area contributed by atoms with Crippen LogP contribution in [0.25, 0.3) is 11.3 Å². The van der Waals surface area contributed by atoms with Crippen LogP contribution in [0, 0.1) is 11.8 Å². The van der Waals surface area contributed by atoms with Crippen LogP contribution in [0.1, 0.15) is 75.8 Å². The predicted molar refractivity (Wildman–Crippen MR) is 115 cm³/mol. The van der Waals surface area contributed by atoms with E-state index in [2.05, 4.69) is 28.4 Å². The average Bonchev–Trinajstić information content (AvgIpc) is 3.51. The van der Waals surface area contributed by atoms with E-state index in [4.69, 9.17) is 4.42 Å². The SMILES string of the molecule is O=C(N[C@H]1CC[C@H](CCN2CCCCC2c2coc3cccc-3c2)CC1)C1CC1. The molecule has 0 radical (unpaired) electrons. The molecule has 2 heterocycles. The molecule has 0 aromatic heterocycles. The lowest BCUT2D eigenvalue weighted by molar-refractivity contribution is -0.123. The van der Waals surface area contributed by atoms with Gasteiger partial charge in [-0.3, -0.25) is 9.69 Å². The first kappa shape index (κ1) is 19.2. The molecule has 3 aliphatic carbocycles. The maximum Gasteiger partial charge on any atom is 0.223 e. The molecule has 0 spiro atoms. The summed E-state index contributed by atoms with van der Waals surface area (Å²) < 4.78 is 5.88. The number of piperidine rings is 1. The van der Waals surface area contributed by atoms with Crippen LogP contribution in [0.2, 0.25) is 0 Å². The highest BCUT2D eigenvalue weighted by Crippen LogP contribution is 2.36. The summed E-state index contributed by atoms with van der Waals surface area (Å²) in [6.07, 6.45) is 14.2. The first-order chi connectivity index (χ1) is 14.3. The molecule has 0 aromatic carbocycles. The van der Waals surface area contributed by atoms with Gasteiger partial charge in [-0.1, -0.05) is 18.6 Å². The van der Waals surface area contributed by atoms with E-state index in [9.17, 15) is 4.79 Å². The highest BCUT2D eigenvalue weighted by Gasteiger charge is 2.32. The number of amides is 1. The lowest BCUT2D eigenvalue weighted by atomic mass is 9.83. The van der Waals surface area contributed by atoms with Gasteiger partial charge in [-0.05, 0) is 88.9 Å². The summed E-state index contributed by atoms with van der Waals surface area (Å²) in [5, 5.41) is 3.29. The number of carbonyl (C=O) groups is 1. The zero-order valence-corrected chi connectivity index (χ0v) is 17.4. The largest absolute Gasteiger partial charge is 0.464 e. The number of likely N-dealkylation sites (tertiary alicyclic amines) is 1. The molecule has 1 amide bonds. The second kappa shape index (κ2) is 8.51. The van der Waals surface area contributed by atoms with E-state index in [0.29, 0.717) is 23.9 Å². The highest BCUT2D eigenvalue weighted by molar-refractivity contribution is 5.81. The molecule has 29 heavy (non-hydrogen) atoms. The summed E-state index contributed by atoms with van der Waals surface area (Å²) in [7, 11) is 0. The van der Waals surface area contributed by atoms with Gasteiger partial charge in [0.1, 0.15) is 5.76 Å². The van der Waals surface area contributed by atoms with Gasteiger partial charge in [-0.15, -0.1) is 0 Å². The Balaban J connectivity index is 1.13. The van der Waals surface area contributed by atoms with Crippen LogP contribution < -0.4 is 5.32 Å². The summed E-state index contributed by atoms with van der Waals surface area (Å²) >= 11 is 0. The van der Waals surface area contributed by atoms with Gasteiger partial charge < -0.3 is 9.73 Å². The Bertz CT molecular complexity index is 788. The number of hydrogen-bond donors (Lipinski definition) is 1. The number of hydrogen-bond acceptors (Lipinski definition) is 3. The monoisotopic (exact) mass is 394 g/mol. The number of nitrogens with one attached hydrogen (secondary N) is 1. The molecule has 1 N–H and O–H groups in total. The van der Waals surface area contributed by atoms with Crippen LogP contribution in [0.5, 0.6) is 0 Å². The molecule has 3 fully saturated rings. The summed E-state index contributed by atoms with van der Waals surface area (Å²) in [6, 6.07) is 9.52. The van der Waals surface area contributed by atoms with Gasteiger partial charge in [0.15, 0.2) is 0 Å². The average molecular weight is 395 g/mol. The normalized spacial score (nSPS) is 28.5. The first-order valence-electron chi connectivity index (χ1n) is 11.8. The zero-order chi connectivity index (χ0) is 19.6. The third-order valence-corrected chi connectivity index (χ3v) is 7.42. The lowest BCUT2D eigenvalue weighted by Gasteiger charge is -2.37. The number of rotatable bonds is 6. The Kier molecular flexibility index (Phi) is 5.63.